The van der Waals surface area contributed by atoms with E-state index in [1.165, 1.54) is 0 Å². The molecule has 2 aromatic rings. The summed E-state index contributed by atoms with van der Waals surface area (Å²) in [5.74, 6) is 1.90. The van der Waals surface area contributed by atoms with Crippen LogP contribution in [0.5, 0.6) is 5.88 Å². The molecule has 3 rings (SSSR count). The molecule has 0 aromatic carbocycles. The van der Waals surface area contributed by atoms with Crippen LogP contribution in [0.25, 0.3) is 0 Å². The van der Waals surface area contributed by atoms with Gasteiger partial charge in [-0.2, -0.15) is 0 Å². The topological polar surface area (TPSA) is 92.8 Å². The van der Waals surface area contributed by atoms with Gasteiger partial charge in [0.25, 0.3) is 0 Å². The van der Waals surface area contributed by atoms with Crippen LogP contribution in [0, 0.1) is 0 Å². The zero-order valence-corrected chi connectivity index (χ0v) is 16.4. The molecular weight excluding hydrogens is 433 g/mol. The molecule has 0 saturated carbocycles. The first-order valence-electron chi connectivity index (χ1n) is 7.82. The Hall–Kier alpha value is -2.17. The smallest absolute Gasteiger partial charge is 0.225 e. The highest BCUT2D eigenvalue weighted by atomic mass is 127. The molecule has 0 unspecified atom stereocenters. The Bertz CT molecular complexity index is 690. The van der Waals surface area contributed by atoms with Crippen LogP contribution in [0.4, 0.5) is 5.95 Å². The number of hydrogen-bond donors (Lipinski definition) is 1. The Morgan fingerprint density at radius 3 is 2.56 bits per heavy atom. The highest BCUT2D eigenvalue weighted by molar-refractivity contribution is 14.0. The summed E-state index contributed by atoms with van der Waals surface area (Å²) < 4.78 is 5.11. The van der Waals surface area contributed by atoms with Crippen molar-refractivity contribution in [2.45, 2.75) is 6.54 Å². The Labute approximate surface area is 164 Å². The van der Waals surface area contributed by atoms with Gasteiger partial charge in [0, 0.05) is 50.8 Å². The monoisotopic (exact) mass is 455 g/mol. The predicted octanol–water partition coefficient (Wildman–Crippen LogP) is 1.14. The third-order valence-electron chi connectivity index (χ3n) is 3.87. The van der Waals surface area contributed by atoms with Crippen LogP contribution < -0.4 is 15.4 Å². The summed E-state index contributed by atoms with van der Waals surface area (Å²) in [5, 5.41) is 0. The molecule has 1 fully saturated rings. The fourth-order valence-corrected chi connectivity index (χ4v) is 2.52. The van der Waals surface area contributed by atoms with Gasteiger partial charge in [-0.15, -0.1) is 24.0 Å². The van der Waals surface area contributed by atoms with Crippen molar-refractivity contribution in [3.63, 3.8) is 0 Å². The van der Waals surface area contributed by atoms with Crippen molar-refractivity contribution in [3.8, 4) is 5.88 Å². The molecule has 134 valence electrons. The van der Waals surface area contributed by atoms with Crippen LogP contribution >= 0.6 is 24.0 Å². The molecule has 1 aliphatic rings. The van der Waals surface area contributed by atoms with Gasteiger partial charge in [-0.25, -0.2) is 19.9 Å². The van der Waals surface area contributed by atoms with Gasteiger partial charge in [-0.1, -0.05) is 0 Å². The van der Waals surface area contributed by atoms with Gasteiger partial charge in [-0.3, -0.25) is 0 Å². The van der Waals surface area contributed by atoms with Gasteiger partial charge in [0.1, 0.15) is 0 Å². The third kappa shape index (κ3) is 5.15. The Morgan fingerprint density at radius 2 is 1.88 bits per heavy atom. The largest absolute Gasteiger partial charge is 0.481 e. The van der Waals surface area contributed by atoms with E-state index in [1.807, 2.05) is 18.2 Å². The lowest BCUT2D eigenvalue weighted by molar-refractivity contribution is 0.378. The molecule has 1 aliphatic heterocycles. The number of hydrogen-bond acceptors (Lipinski definition) is 6. The molecule has 2 aromatic heterocycles. The zero-order chi connectivity index (χ0) is 16.8. The number of ether oxygens (including phenoxy) is 1. The Kier molecular flexibility index (Phi) is 7.16. The number of piperazine rings is 1. The van der Waals surface area contributed by atoms with Gasteiger partial charge in [0.05, 0.1) is 13.7 Å². The summed E-state index contributed by atoms with van der Waals surface area (Å²) in [6, 6.07) is 5.59. The van der Waals surface area contributed by atoms with E-state index in [0.29, 0.717) is 18.4 Å². The fourth-order valence-electron chi connectivity index (χ4n) is 2.52. The van der Waals surface area contributed by atoms with Crippen molar-refractivity contribution in [3.05, 3.63) is 42.4 Å². The highest BCUT2D eigenvalue weighted by Gasteiger charge is 2.19. The van der Waals surface area contributed by atoms with Crippen molar-refractivity contribution >= 4 is 35.9 Å². The maximum absolute atomic E-state index is 6.13. The molecule has 25 heavy (non-hydrogen) atoms. The Morgan fingerprint density at radius 1 is 1.16 bits per heavy atom. The van der Waals surface area contributed by atoms with E-state index in [9.17, 15) is 0 Å². The minimum Gasteiger partial charge on any atom is -0.481 e. The average molecular weight is 455 g/mol. The molecule has 0 aliphatic carbocycles. The standard InChI is InChI=1S/C16H21N7O.HI/c1-24-14-11-13(3-6-18-14)12-21-15(17)22-7-9-23(10-8-22)16-19-4-2-5-20-16;/h2-6,11H,7-10,12H2,1H3,(H2,17,21);1H. The summed E-state index contributed by atoms with van der Waals surface area (Å²) in [4.78, 5) is 21.4. The van der Waals surface area contributed by atoms with Gasteiger partial charge in [-0.05, 0) is 17.7 Å². The molecule has 0 atom stereocenters. The van der Waals surface area contributed by atoms with E-state index in [0.717, 1.165) is 37.7 Å². The lowest BCUT2D eigenvalue weighted by Gasteiger charge is -2.35. The molecule has 0 radical (unpaired) electrons. The van der Waals surface area contributed by atoms with Crippen LogP contribution in [0.15, 0.2) is 41.8 Å². The molecule has 0 amide bonds. The summed E-state index contributed by atoms with van der Waals surface area (Å²) in [5.41, 5.74) is 7.15. The summed E-state index contributed by atoms with van der Waals surface area (Å²) in [7, 11) is 1.60. The number of rotatable bonds is 4. The third-order valence-corrected chi connectivity index (χ3v) is 3.87. The summed E-state index contributed by atoms with van der Waals surface area (Å²) in [6.07, 6.45) is 5.22. The number of halogens is 1. The van der Waals surface area contributed by atoms with Crippen LogP contribution in [-0.2, 0) is 6.54 Å². The van der Waals surface area contributed by atoms with Crippen LogP contribution in [-0.4, -0.2) is 59.1 Å². The number of guanidine groups is 1. The molecule has 3 heterocycles. The predicted molar refractivity (Wildman–Crippen MR) is 107 cm³/mol. The lowest BCUT2D eigenvalue weighted by atomic mass is 10.3. The number of methoxy groups -OCH3 is 1. The van der Waals surface area contributed by atoms with E-state index in [4.69, 9.17) is 10.5 Å². The number of anilines is 1. The first kappa shape index (κ1) is 19.2. The number of aromatic nitrogens is 3. The maximum atomic E-state index is 6.13. The van der Waals surface area contributed by atoms with Crippen LogP contribution in [0.2, 0.25) is 0 Å². The molecule has 0 bridgehead atoms. The van der Waals surface area contributed by atoms with E-state index in [1.54, 1.807) is 25.7 Å². The maximum Gasteiger partial charge on any atom is 0.225 e. The normalized spacial score (nSPS) is 14.8. The van der Waals surface area contributed by atoms with Crippen molar-refractivity contribution in [2.24, 2.45) is 10.7 Å². The van der Waals surface area contributed by atoms with Crippen molar-refractivity contribution in [2.75, 3.05) is 38.2 Å². The van der Waals surface area contributed by atoms with Gasteiger partial charge in [0.2, 0.25) is 11.8 Å². The van der Waals surface area contributed by atoms with Crippen LogP contribution in [0.1, 0.15) is 5.56 Å². The molecular formula is C16H22IN7O. The molecule has 8 nitrogen and oxygen atoms in total. The first-order valence-corrected chi connectivity index (χ1v) is 7.82. The van der Waals surface area contributed by atoms with E-state index in [2.05, 4.69) is 29.7 Å². The zero-order valence-electron chi connectivity index (χ0n) is 14.1. The Balaban J connectivity index is 0.00000225. The summed E-state index contributed by atoms with van der Waals surface area (Å²) >= 11 is 0. The summed E-state index contributed by atoms with van der Waals surface area (Å²) in [6.45, 7) is 3.75. The average Bonchev–Trinajstić information content (AvgIpc) is 2.67. The second-order valence-corrected chi connectivity index (χ2v) is 5.40. The highest BCUT2D eigenvalue weighted by Crippen LogP contribution is 2.11. The van der Waals surface area contributed by atoms with E-state index in [-0.39, 0.29) is 24.0 Å². The van der Waals surface area contributed by atoms with Gasteiger partial charge < -0.3 is 20.3 Å². The van der Waals surface area contributed by atoms with Crippen molar-refractivity contribution in [1.82, 2.24) is 19.9 Å². The first-order chi connectivity index (χ1) is 11.8. The van der Waals surface area contributed by atoms with Gasteiger partial charge >= 0.3 is 0 Å². The molecule has 2 N–H and O–H groups in total. The minimum atomic E-state index is 0. The second kappa shape index (κ2) is 9.35. The van der Waals surface area contributed by atoms with E-state index < -0.39 is 0 Å². The molecule has 0 spiro atoms. The molecule has 9 heteroatoms. The minimum absolute atomic E-state index is 0. The number of nitrogens with zero attached hydrogens (tertiary/aromatic N) is 6. The van der Waals surface area contributed by atoms with Crippen LogP contribution in [0.3, 0.4) is 0 Å². The molecule has 1 saturated heterocycles. The quantitative estimate of drug-likeness (QED) is 0.420. The fraction of sp³-hybridized carbons (Fsp3) is 0.375. The number of nitrogens with two attached hydrogens (primary N) is 1. The van der Waals surface area contributed by atoms with Gasteiger partial charge in [0.15, 0.2) is 5.96 Å². The SMILES string of the molecule is COc1cc(CN=C(N)N2CCN(c3ncccn3)CC2)ccn1.I. The number of pyridine rings is 1. The number of aliphatic imine (C=N–C) groups is 1. The van der Waals surface area contributed by atoms with Crippen molar-refractivity contribution in [1.29, 1.82) is 0 Å². The second-order valence-electron chi connectivity index (χ2n) is 5.40. The lowest BCUT2D eigenvalue weighted by Crippen LogP contribution is -2.51. The van der Waals surface area contributed by atoms with Crippen molar-refractivity contribution < 1.29 is 4.74 Å². The van der Waals surface area contributed by atoms with E-state index >= 15 is 0 Å².